The molecule has 0 aliphatic carbocycles. The lowest BCUT2D eigenvalue weighted by Crippen LogP contribution is -2.05. The Bertz CT molecular complexity index is 544. The molecule has 1 atom stereocenters. The maximum atomic E-state index is 13.6. The largest absolute Gasteiger partial charge is 0.494 e. The normalized spacial score (nSPS) is 12.2. The summed E-state index contributed by atoms with van der Waals surface area (Å²) in [6.07, 6.45) is 0. The van der Waals surface area contributed by atoms with Crippen LogP contribution in [0.2, 0.25) is 0 Å². The number of thiophene rings is 1. The molecule has 0 aliphatic heterocycles. The standard InChI is InChI=1S/C13H13BrFNOS/c1-8(13-10(14)5-6-18-13)16-9-3-4-12(17-2)11(15)7-9/h3-8,16H,1-2H3. The fourth-order valence-electron chi connectivity index (χ4n) is 1.69. The van der Waals surface area contributed by atoms with Crippen LogP contribution in [0.4, 0.5) is 10.1 Å². The number of ether oxygens (including phenoxy) is 1. The first-order valence-electron chi connectivity index (χ1n) is 5.44. The van der Waals surface area contributed by atoms with Crippen LogP contribution in [0.15, 0.2) is 34.1 Å². The van der Waals surface area contributed by atoms with E-state index in [0.717, 1.165) is 10.2 Å². The van der Waals surface area contributed by atoms with E-state index in [0.29, 0.717) is 0 Å². The van der Waals surface area contributed by atoms with Gasteiger partial charge in [0.15, 0.2) is 11.6 Å². The van der Waals surface area contributed by atoms with Crippen molar-refractivity contribution in [2.45, 2.75) is 13.0 Å². The van der Waals surface area contributed by atoms with E-state index in [9.17, 15) is 4.39 Å². The predicted octanol–water partition coefficient (Wildman–Crippen LogP) is 4.83. The van der Waals surface area contributed by atoms with Crippen molar-refractivity contribution in [3.8, 4) is 5.75 Å². The van der Waals surface area contributed by atoms with Crippen molar-refractivity contribution in [2.75, 3.05) is 12.4 Å². The number of hydrogen-bond acceptors (Lipinski definition) is 3. The molecule has 0 radical (unpaired) electrons. The van der Waals surface area contributed by atoms with Crippen molar-refractivity contribution in [2.24, 2.45) is 0 Å². The van der Waals surface area contributed by atoms with Crippen molar-refractivity contribution in [1.82, 2.24) is 0 Å². The highest BCUT2D eigenvalue weighted by Crippen LogP contribution is 2.31. The predicted molar refractivity (Wildman–Crippen MR) is 77.0 cm³/mol. The molecule has 0 aliphatic rings. The molecule has 0 spiro atoms. The van der Waals surface area contributed by atoms with Gasteiger partial charge in [0.1, 0.15) is 0 Å². The van der Waals surface area contributed by atoms with Crippen molar-refractivity contribution in [3.63, 3.8) is 0 Å². The van der Waals surface area contributed by atoms with E-state index < -0.39 is 0 Å². The maximum Gasteiger partial charge on any atom is 0.167 e. The molecule has 96 valence electrons. The Morgan fingerprint density at radius 2 is 2.17 bits per heavy atom. The molecule has 2 aromatic rings. The van der Waals surface area contributed by atoms with Gasteiger partial charge in [-0.15, -0.1) is 11.3 Å². The summed E-state index contributed by atoms with van der Waals surface area (Å²) in [5.41, 5.74) is 0.737. The van der Waals surface area contributed by atoms with Crippen molar-refractivity contribution in [3.05, 3.63) is 44.8 Å². The molecule has 18 heavy (non-hydrogen) atoms. The first-order valence-corrected chi connectivity index (χ1v) is 7.12. The number of rotatable bonds is 4. The summed E-state index contributed by atoms with van der Waals surface area (Å²) in [6, 6.07) is 6.99. The summed E-state index contributed by atoms with van der Waals surface area (Å²) in [4.78, 5) is 1.19. The summed E-state index contributed by atoms with van der Waals surface area (Å²) in [7, 11) is 1.46. The number of methoxy groups -OCH3 is 1. The Labute approximate surface area is 118 Å². The SMILES string of the molecule is COc1ccc(NC(C)c2sccc2Br)cc1F. The molecule has 0 saturated heterocycles. The van der Waals surface area contributed by atoms with Gasteiger partial charge in [0, 0.05) is 21.1 Å². The van der Waals surface area contributed by atoms with Crippen LogP contribution in [0.3, 0.4) is 0 Å². The Morgan fingerprint density at radius 1 is 1.39 bits per heavy atom. The van der Waals surface area contributed by atoms with Gasteiger partial charge in [0.05, 0.1) is 13.2 Å². The number of anilines is 1. The van der Waals surface area contributed by atoms with Crippen LogP contribution in [0.1, 0.15) is 17.8 Å². The zero-order valence-corrected chi connectivity index (χ0v) is 12.4. The third-order valence-corrected chi connectivity index (χ3v) is 4.63. The second kappa shape index (κ2) is 5.71. The van der Waals surface area contributed by atoms with Crippen LogP contribution in [-0.4, -0.2) is 7.11 Å². The topological polar surface area (TPSA) is 21.3 Å². The van der Waals surface area contributed by atoms with Gasteiger partial charge in [0.25, 0.3) is 0 Å². The highest BCUT2D eigenvalue weighted by atomic mass is 79.9. The summed E-state index contributed by atoms with van der Waals surface area (Å²) in [5, 5.41) is 5.28. The fourth-order valence-corrected chi connectivity index (χ4v) is 3.41. The number of benzene rings is 1. The minimum Gasteiger partial charge on any atom is -0.494 e. The average molecular weight is 330 g/mol. The number of nitrogens with one attached hydrogen (secondary N) is 1. The Kier molecular flexibility index (Phi) is 4.24. The van der Waals surface area contributed by atoms with Crippen molar-refractivity contribution < 1.29 is 9.13 Å². The third kappa shape index (κ3) is 2.84. The molecule has 2 nitrogen and oxygen atoms in total. The summed E-state index contributed by atoms with van der Waals surface area (Å²) in [5.74, 6) is -0.106. The number of hydrogen-bond donors (Lipinski definition) is 1. The van der Waals surface area contributed by atoms with E-state index in [2.05, 4.69) is 21.2 Å². The van der Waals surface area contributed by atoms with E-state index in [1.165, 1.54) is 18.1 Å². The lowest BCUT2D eigenvalue weighted by atomic mass is 10.2. The molecular formula is C13H13BrFNOS. The average Bonchev–Trinajstić information content (AvgIpc) is 2.76. The lowest BCUT2D eigenvalue weighted by Gasteiger charge is -2.15. The Hall–Kier alpha value is -1.07. The van der Waals surface area contributed by atoms with Gasteiger partial charge in [0.2, 0.25) is 0 Å². The van der Waals surface area contributed by atoms with Gasteiger partial charge in [-0.25, -0.2) is 4.39 Å². The Morgan fingerprint density at radius 3 is 2.72 bits per heavy atom. The van der Waals surface area contributed by atoms with E-state index in [4.69, 9.17) is 4.74 Å². The first kappa shape index (κ1) is 13.4. The van der Waals surface area contributed by atoms with E-state index in [-0.39, 0.29) is 17.6 Å². The molecule has 1 aromatic carbocycles. The number of halogens is 2. The summed E-state index contributed by atoms with van der Waals surface area (Å²) < 4.78 is 19.5. The first-order chi connectivity index (χ1) is 8.61. The quantitative estimate of drug-likeness (QED) is 0.867. The van der Waals surface area contributed by atoms with Crippen molar-refractivity contribution >= 4 is 33.0 Å². The smallest absolute Gasteiger partial charge is 0.167 e. The van der Waals surface area contributed by atoms with Crippen LogP contribution < -0.4 is 10.1 Å². The van der Waals surface area contributed by atoms with Crippen LogP contribution >= 0.6 is 27.3 Å². The molecule has 5 heteroatoms. The molecule has 0 saturated carbocycles. The minimum absolute atomic E-state index is 0.118. The van der Waals surface area contributed by atoms with Crippen LogP contribution in [0.25, 0.3) is 0 Å². The second-order valence-corrected chi connectivity index (χ2v) is 5.65. The second-order valence-electron chi connectivity index (χ2n) is 3.85. The van der Waals surface area contributed by atoms with Gasteiger partial charge >= 0.3 is 0 Å². The molecule has 1 heterocycles. The molecule has 1 unspecified atom stereocenters. The molecule has 1 aromatic heterocycles. The Balaban J connectivity index is 2.15. The molecule has 2 rings (SSSR count). The zero-order chi connectivity index (χ0) is 13.1. The van der Waals surface area contributed by atoms with Crippen LogP contribution in [0.5, 0.6) is 5.75 Å². The van der Waals surface area contributed by atoms with Crippen LogP contribution in [0, 0.1) is 5.82 Å². The fraction of sp³-hybridized carbons (Fsp3) is 0.231. The van der Waals surface area contributed by atoms with E-state index in [1.54, 1.807) is 23.5 Å². The van der Waals surface area contributed by atoms with E-state index >= 15 is 0 Å². The zero-order valence-electron chi connectivity index (χ0n) is 10.0. The lowest BCUT2D eigenvalue weighted by molar-refractivity contribution is 0.386. The van der Waals surface area contributed by atoms with Crippen LogP contribution in [-0.2, 0) is 0 Å². The molecular weight excluding hydrogens is 317 g/mol. The molecule has 0 amide bonds. The van der Waals surface area contributed by atoms with Crippen molar-refractivity contribution in [1.29, 1.82) is 0 Å². The summed E-state index contributed by atoms with van der Waals surface area (Å²) >= 11 is 5.15. The van der Waals surface area contributed by atoms with Gasteiger partial charge in [-0.3, -0.25) is 0 Å². The van der Waals surface area contributed by atoms with Gasteiger partial charge < -0.3 is 10.1 Å². The molecule has 1 N–H and O–H groups in total. The minimum atomic E-state index is -0.361. The van der Waals surface area contributed by atoms with Gasteiger partial charge in [-0.1, -0.05) is 0 Å². The highest BCUT2D eigenvalue weighted by Gasteiger charge is 2.11. The molecule has 0 fully saturated rings. The third-order valence-electron chi connectivity index (χ3n) is 2.57. The maximum absolute atomic E-state index is 13.6. The monoisotopic (exact) mass is 329 g/mol. The highest BCUT2D eigenvalue weighted by molar-refractivity contribution is 9.10. The molecule has 0 bridgehead atoms. The van der Waals surface area contributed by atoms with E-state index in [1.807, 2.05) is 18.4 Å². The van der Waals surface area contributed by atoms with Gasteiger partial charge in [-0.05, 0) is 46.4 Å². The summed E-state index contributed by atoms with van der Waals surface area (Å²) in [6.45, 7) is 2.04. The van der Waals surface area contributed by atoms with Gasteiger partial charge in [-0.2, -0.15) is 0 Å².